The van der Waals surface area contributed by atoms with E-state index in [1.807, 2.05) is 18.2 Å². The molecule has 1 amide bonds. The SMILES string of the molecule is Cc1cnc(S(C)(=O)=O)nc1-c1nc2c(s1)C1(COC1)N(Cc1cccc(Cl)c1)C2=O. The van der Waals surface area contributed by atoms with Crippen LogP contribution in [0.2, 0.25) is 5.02 Å². The lowest BCUT2D eigenvalue weighted by molar-refractivity contribution is -0.126. The maximum absolute atomic E-state index is 13.3. The van der Waals surface area contributed by atoms with Crippen LogP contribution in [-0.4, -0.2) is 53.6 Å². The number of nitrogens with zero attached hydrogens (tertiary/aromatic N) is 4. The quantitative estimate of drug-likeness (QED) is 0.533. The molecule has 2 aromatic heterocycles. The zero-order valence-electron chi connectivity index (χ0n) is 16.6. The second-order valence-electron chi connectivity index (χ2n) is 7.70. The fourth-order valence-electron chi connectivity index (χ4n) is 3.77. The van der Waals surface area contributed by atoms with Crippen molar-refractivity contribution in [2.45, 2.75) is 24.2 Å². The molecular weight excluding hydrogens is 460 g/mol. The Bertz CT molecular complexity index is 1330. The van der Waals surface area contributed by atoms with Crippen molar-refractivity contribution < 1.29 is 17.9 Å². The van der Waals surface area contributed by atoms with E-state index in [4.69, 9.17) is 16.3 Å². The van der Waals surface area contributed by atoms with Gasteiger partial charge in [-0.2, -0.15) is 0 Å². The molecule has 0 N–H and O–H groups in total. The van der Waals surface area contributed by atoms with Crippen LogP contribution in [0.1, 0.15) is 26.5 Å². The lowest BCUT2D eigenvalue weighted by Crippen LogP contribution is -2.56. The molecule has 4 heterocycles. The van der Waals surface area contributed by atoms with Crippen LogP contribution in [0.25, 0.3) is 10.7 Å². The number of amides is 1. The van der Waals surface area contributed by atoms with Gasteiger partial charge in [-0.3, -0.25) is 4.79 Å². The third-order valence-electron chi connectivity index (χ3n) is 5.41. The molecule has 2 aliphatic rings. The second kappa shape index (κ2) is 7.06. The smallest absolute Gasteiger partial charge is 0.274 e. The van der Waals surface area contributed by atoms with Gasteiger partial charge >= 0.3 is 0 Å². The van der Waals surface area contributed by atoms with Gasteiger partial charge in [0.25, 0.3) is 5.91 Å². The number of aryl methyl sites for hydroxylation is 1. The highest BCUT2D eigenvalue weighted by Gasteiger charge is 2.57. The van der Waals surface area contributed by atoms with Crippen LogP contribution in [0, 0.1) is 6.92 Å². The van der Waals surface area contributed by atoms with Gasteiger partial charge in [-0.1, -0.05) is 23.7 Å². The molecule has 1 saturated heterocycles. The van der Waals surface area contributed by atoms with E-state index in [9.17, 15) is 13.2 Å². The number of sulfone groups is 1. The average molecular weight is 477 g/mol. The summed E-state index contributed by atoms with van der Waals surface area (Å²) in [7, 11) is -3.57. The van der Waals surface area contributed by atoms with E-state index < -0.39 is 15.4 Å². The van der Waals surface area contributed by atoms with E-state index in [0.717, 1.165) is 16.7 Å². The van der Waals surface area contributed by atoms with Crippen LogP contribution in [0.4, 0.5) is 0 Å². The summed E-state index contributed by atoms with van der Waals surface area (Å²) in [4.78, 5) is 28.6. The number of hydrogen-bond donors (Lipinski definition) is 0. The molecule has 0 saturated carbocycles. The first kappa shape index (κ1) is 20.5. The molecular formula is C20H17ClN4O4S2. The van der Waals surface area contributed by atoms with Crippen LogP contribution in [0.5, 0.6) is 0 Å². The highest BCUT2D eigenvalue weighted by Crippen LogP contribution is 2.49. The van der Waals surface area contributed by atoms with Crippen molar-refractivity contribution in [2.24, 2.45) is 0 Å². The van der Waals surface area contributed by atoms with Crippen LogP contribution >= 0.6 is 22.9 Å². The zero-order valence-corrected chi connectivity index (χ0v) is 19.0. The van der Waals surface area contributed by atoms with E-state index in [-0.39, 0.29) is 11.1 Å². The molecule has 1 spiro atoms. The molecule has 0 unspecified atom stereocenters. The number of carbonyl (C=O) groups excluding carboxylic acids is 1. The Hall–Kier alpha value is -2.40. The molecule has 11 heteroatoms. The van der Waals surface area contributed by atoms with Gasteiger partial charge in [0.05, 0.1) is 18.1 Å². The van der Waals surface area contributed by atoms with Gasteiger partial charge in [-0.05, 0) is 30.2 Å². The van der Waals surface area contributed by atoms with Crippen LogP contribution < -0.4 is 0 Å². The Morgan fingerprint density at radius 1 is 1.26 bits per heavy atom. The highest BCUT2D eigenvalue weighted by molar-refractivity contribution is 7.90. The van der Waals surface area contributed by atoms with Gasteiger partial charge in [0, 0.05) is 24.0 Å². The highest BCUT2D eigenvalue weighted by atomic mass is 35.5. The number of halogens is 1. The third kappa shape index (κ3) is 3.25. The fraction of sp³-hybridized carbons (Fsp3) is 0.300. The van der Waals surface area contributed by atoms with Gasteiger partial charge in [-0.15, -0.1) is 11.3 Å². The van der Waals surface area contributed by atoms with Crippen molar-refractivity contribution in [3.05, 3.63) is 57.2 Å². The van der Waals surface area contributed by atoms with Crippen LogP contribution in [-0.2, 0) is 26.7 Å². The molecule has 0 bridgehead atoms. The summed E-state index contributed by atoms with van der Waals surface area (Å²) in [6, 6.07) is 7.41. The van der Waals surface area contributed by atoms with Crippen LogP contribution in [0.15, 0.2) is 35.6 Å². The Balaban J connectivity index is 1.56. The Labute approximate surface area is 187 Å². The van der Waals surface area contributed by atoms with Gasteiger partial charge in [0.1, 0.15) is 21.9 Å². The third-order valence-corrected chi connectivity index (χ3v) is 7.76. The summed E-state index contributed by atoms with van der Waals surface area (Å²) in [6.07, 6.45) is 2.52. The lowest BCUT2D eigenvalue weighted by atomic mass is 9.95. The fourth-order valence-corrected chi connectivity index (χ4v) is 5.77. The standard InChI is InChI=1S/C20H17ClN4O4S2/c1-11-7-22-19(31(2,27)28)24-14(11)17-23-15-16(30-17)20(9-29-10-20)25(18(15)26)8-12-4-3-5-13(21)6-12/h3-7H,8-10H2,1-2H3. The molecule has 8 nitrogen and oxygen atoms in total. The van der Waals surface area contributed by atoms with Crippen molar-refractivity contribution in [1.29, 1.82) is 0 Å². The summed E-state index contributed by atoms with van der Waals surface area (Å²) < 4.78 is 29.3. The topological polar surface area (TPSA) is 102 Å². The number of benzene rings is 1. The molecule has 160 valence electrons. The van der Waals surface area contributed by atoms with Crippen LogP contribution in [0.3, 0.4) is 0 Å². The van der Waals surface area contributed by atoms with Gasteiger partial charge in [0.2, 0.25) is 15.0 Å². The minimum Gasteiger partial charge on any atom is -0.376 e. The molecule has 3 aromatic rings. The minimum atomic E-state index is -3.57. The maximum atomic E-state index is 13.3. The molecule has 31 heavy (non-hydrogen) atoms. The number of hydrogen-bond acceptors (Lipinski definition) is 8. The first-order valence-corrected chi connectivity index (χ1v) is 12.5. The van der Waals surface area contributed by atoms with Crippen molar-refractivity contribution in [3.63, 3.8) is 0 Å². The number of aromatic nitrogens is 3. The monoisotopic (exact) mass is 476 g/mol. The summed E-state index contributed by atoms with van der Waals surface area (Å²) in [5.74, 6) is -0.184. The predicted molar refractivity (Wildman–Crippen MR) is 115 cm³/mol. The van der Waals surface area contributed by atoms with E-state index in [0.29, 0.717) is 46.7 Å². The summed E-state index contributed by atoms with van der Waals surface area (Å²) in [5.41, 5.74) is 1.81. The van der Waals surface area contributed by atoms with E-state index in [1.54, 1.807) is 17.9 Å². The van der Waals surface area contributed by atoms with E-state index in [1.165, 1.54) is 17.5 Å². The summed E-state index contributed by atoms with van der Waals surface area (Å²) >= 11 is 7.46. The molecule has 0 radical (unpaired) electrons. The average Bonchev–Trinajstić information content (AvgIpc) is 3.19. The normalized spacial score (nSPS) is 17.1. The molecule has 0 atom stereocenters. The lowest BCUT2D eigenvalue weighted by Gasteiger charge is -2.44. The number of carbonyl (C=O) groups is 1. The molecule has 1 aromatic carbocycles. The number of rotatable bonds is 4. The summed E-state index contributed by atoms with van der Waals surface area (Å²) in [6.45, 7) is 2.94. The maximum Gasteiger partial charge on any atom is 0.274 e. The van der Waals surface area contributed by atoms with Crippen molar-refractivity contribution in [3.8, 4) is 10.7 Å². The number of ether oxygens (including phenoxy) is 1. The Kier molecular flexibility index (Phi) is 4.67. The molecule has 2 aliphatic heterocycles. The first-order chi connectivity index (χ1) is 14.7. The van der Waals surface area contributed by atoms with E-state index >= 15 is 0 Å². The predicted octanol–water partition coefficient (Wildman–Crippen LogP) is 2.85. The number of fused-ring (bicyclic) bond motifs is 2. The Morgan fingerprint density at radius 2 is 2.03 bits per heavy atom. The van der Waals surface area contributed by atoms with Gasteiger partial charge in [0.15, 0.2) is 0 Å². The largest absolute Gasteiger partial charge is 0.376 e. The zero-order chi connectivity index (χ0) is 22.0. The molecule has 1 fully saturated rings. The van der Waals surface area contributed by atoms with Crippen molar-refractivity contribution in [2.75, 3.05) is 19.5 Å². The molecule has 0 aliphatic carbocycles. The second-order valence-corrected chi connectivity index (χ2v) is 11.0. The van der Waals surface area contributed by atoms with E-state index in [2.05, 4.69) is 15.0 Å². The minimum absolute atomic E-state index is 0.184. The van der Waals surface area contributed by atoms with Crippen molar-refractivity contribution >= 4 is 38.7 Å². The van der Waals surface area contributed by atoms with Crippen molar-refractivity contribution in [1.82, 2.24) is 19.9 Å². The Morgan fingerprint density at radius 3 is 2.68 bits per heavy atom. The van der Waals surface area contributed by atoms with Gasteiger partial charge < -0.3 is 9.64 Å². The molecule has 5 rings (SSSR count). The summed E-state index contributed by atoms with van der Waals surface area (Å²) in [5, 5.41) is 0.843. The number of thiazole rings is 1. The first-order valence-electron chi connectivity index (χ1n) is 9.38. The van der Waals surface area contributed by atoms with Gasteiger partial charge in [-0.25, -0.2) is 23.4 Å².